The summed E-state index contributed by atoms with van der Waals surface area (Å²) in [5, 5.41) is 23.7. The number of hydrogen-bond acceptors (Lipinski definition) is 9. The second kappa shape index (κ2) is 11.7. The summed E-state index contributed by atoms with van der Waals surface area (Å²) in [7, 11) is 0. The molecule has 2 aliphatic rings. The molecule has 2 saturated heterocycles. The van der Waals surface area contributed by atoms with Crippen molar-refractivity contribution in [2.75, 3.05) is 19.5 Å². The number of ketones is 2. The van der Waals surface area contributed by atoms with Crippen molar-refractivity contribution in [3.05, 3.63) is 16.6 Å². The zero-order valence-electron chi connectivity index (χ0n) is 22.4. The zero-order chi connectivity index (χ0) is 26.8. The number of thioether (sulfide) groups is 1. The monoisotopic (exact) mass is 539 g/mol. The number of aromatic nitrogens is 1. The Labute approximate surface area is 223 Å². The summed E-state index contributed by atoms with van der Waals surface area (Å²) >= 11 is 3.19. The van der Waals surface area contributed by atoms with Gasteiger partial charge in [-0.1, -0.05) is 45.0 Å². The summed E-state index contributed by atoms with van der Waals surface area (Å²) in [5.41, 5.74) is 0.300. The first-order chi connectivity index (χ1) is 16.8. The van der Waals surface area contributed by atoms with Gasteiger partial charge in [-0.2, -0.15) is 0 Å². The van der Waals surface area contributed by atoms with Gasteiger partial charge in [-0.05, 0) is 38.5 Å². The van der Waals surface area contributed by atoms with E-state index in [0.717, 1.165) is 15.6 Å². The van der Waals surface area contributed by atoms with Gasteiger partial charge in [0.25, 0.3) is 0 Å². The molecule has 2 aliphatic heterocycles. The molecule has 1 aromatic rings. The predicted molar refractivity (Wildman–Crippen MR) is 143 cm³/mol. The molecule has 3 rings (SSSR count). The van der Waals surface area contributed by atoms with Crippen LogP contribution in [0, 0.1) is 23.2 Å². The van der Waals surface area contributed by atoms with Gasteiger partial charge < -0.3 is 19.7 Å². The van der Waals surface area contributed by atoms with Crippen LogP contribution in [-0.4, -0.2) is 70.1 Å². The molecule has 36 heavy (non-hydrogen) atoms. The van der Waals surface area contributed by atoms with Gasteiger partial charge >= 0.3 is 0 Å². The summed E-state index contributed by atoms with van der Waals surface area (Å²) < 4.78 is 12.9. The maximum Gasteiger partial charge on any atom is 0.150 e. The van der Waals surface area contributed by atoms with Gasteiger partial charge in [0.2, 0.25) is 0 Å². The number of hydrogen-bond donors (Lipinski definition) is 2. The SMILES string of the molecule is CSc1nc(C=C(C)C2CC(=O)CC(O)C(C)(C)C(=O)C(C)C(O)C(C)COCC3(C)OC3C2)cs1. The first-order valence-electron chi connectivity index (χ1n) is 12.6. The smallest absolute Gasteiger partial charge is 0.150 e. The molecule has 2 fully saturated rings. The largest absolute Gasteiger partial charge is 0.392 e. The number of thiazole rings is 1. The Morgan fingerprint density at radius 1 is 1.22 bits per heavy atom. The van der Waals surface area contributed by atoms with E-state index in [1.807, 2.05) is 38.5 Å². The van der Waals surface area contributed by atoms with Gasteiger partial charge in [0, 0.05) is 30.1 Å². The Kier molecular flexibility index (Phi) is 9.61. The van der Waals surface area contributed by atoms with Crippen molar-refractivity contribution in [1.82, 2.24) is 4.98 Å². The summed E-state index contributed by atoms with van der Waals surface area (Å²) in [5.74, 6) is -1.40. The highest BCUT2D eigenvalue weighted by atomic mass is 32.2. The Morgan fingerprint density at radius 2 is 1.92 bits per heavy atom. The molecule has 9 heteroatoms. The number of fused-ring (bicyclic) bond motifs is 1. The molecule has 2 N–H and O–H groups in total. The average Bonchev–Trinajstić information content (AvgIpc) is 3.23. The number of Topliss-reactive ketones (excluding diaryl/α,β-unsaturated/α-hetero) is 2. The first-order valence-corrected chi connectivity index (χ1v) is 14.7. The van der Waals surface area contributed by atoms with Crippen molar-refractivity contribution >= 4 is 40.7 Å². The van der Waals surface area contributed by atoms with Gasteiger partial charge in [-0.15, -0.1) is 11.3 Å². The van der Waals surface area contributed by atoms with Gasteiger partial charge in [0.15, 0.2) is 0 Å². The summed E-state index contributed by atoms with van der Waals surface area (Å²) in [4.78, 5) is 31.0. The number of carbonyl (C=O) groups is 2. The van der Waals surface area contributed by atoms with Crippen molar-refractivity contribution in [1.29, 1.82) is 0 Å². The highest BCUT2D eigenvalue weighted by molar-refractivity contribution is 8.00. The molecule has 0 bridgehead atoms. The average molecular weight is 540 g/mol. The molecule has 7 atom stereocenters. The Morgan fingerprint density at radius 3 is 2.56 bits per heavy atom. The highest BCUT2D eigenvalue weighted by Crippen LogP contribution is 2.43. The van der Waals surface area contributed by atoms with Crippen LogP contribution in [0.2, 0.25) is 0 Å². The molecule has 3 heterocycles. The molecule has 7 nitrogen and oxygen atoms in total. The van der Waals surface area contributed by atoms with E-state index in [-0.39, 0.29) is 42.3 Å². The van der Waals surface area contributed by atoms with E-state index in [9.17, 15) is 19.8 Å². The molecule has 0 saturated carbocycles. The van der Waals surface area contributed by atoms with Crippen LogP contribution in [0.25, 0.3) is 6.08 Å². The van der Waals surface area contributed by atoms with E-state index in [0.29, 0.717) is 19.6 Å². The normalized spacial score (nSPS) is 37.0. The van der Waals surface area contributed by atoms with Crippen LogP contribution in [-0.2, 0) is 19.1 Å². The van der Waals surface area contributed by atoms with Gasteiger partial charge in [0.05, 0.1) is 42.6 Å². The summed E-state index contributed by atoms with van der Waals surface area (Å²) in [6, 6.07) is 0. The van der Waals surface area contributed by atoms with Crippen molar-refractivity contribution in [3.63, 3.8) is 0 Å². The number of aliphatic hydroxyl groups is 2. The fraction of sp³-hybridized carbons (Fsp3) is 0.741. The third-order valence-corrected chi connectivity index (χ3v) is 9.75. The lowest BCUT2D eigenvalue weighted by molar-refractivity contribution is -0.143. The number of rotatable bonds is 3. The standard InChI is InChI=1S/C27H41NO6S2/c1-15(8-19-13-36-25(28-19)35-7)18-9-20(29)11-21(30)26(4,5)24(32)17(3)23(31)16(2)12-33-14-27(6)22(10-18)34-27/h8,13,16-18,21-23,30-31H,9-12,14H2,1-7H3. The Hall–Kier alpha value is -1.10. The van der Waals surface area contributed by atoms with E-state index in [1.165, 1.54) is 0 Å². The topological polar surface area (TPSA) is 109 Å². The summed E-state index contributed by atoms with van der Waals surface area (Å²) in [6.07, 6.45) is 2.71. The molecule has 0 aromatic carbocycles. The number of allylic oxidation sites excluding steroid dienone is 1. The maximum absolute atomic E-state index is 13.2. The zero-order valence-corrected chi connectivity index (χ0v) is 24.1. The second-order valence-corrected chi connectivity index (χ2v) is 13.2. The lowest BCUT2D eigenvalue weighted by atomic mass is 9.72. The highest BCUT2D eigenvalue weighted by Gasteiger charge is 2.53. The number of nitrogens with zero attached hydrogens (tertiary/aromatic N) is 1. The second-order valence-electron chi connectivity index (χ2n) is 11.3. The quantitative estimate of drug-likeness (QED) is 0.430. The molecule has 0 spiro atoms. The van der Waals surface area contributed by atoms with E-state index in [1.54, 1.807) is 43.9 Å². The van der Waals surface area contributed by atoms with Gasteiger partial charge in [-0.25, -0.2) is 4.98 Å². The number of epoxide rings is 1. The molecule has 0 aliphatic carbocycles. The van der Waals surface area contributed by atoms with Crippen LogP contribution in [0.4, 0.5) is 0 Å². The minimum Gasteiger partial charge on any atom is -0.392 e. The van der Waals surface area contributed by atoms with Crippen LogP contribution in [0.15, 0.2) is 15.3 Å². The fourth-order valence-corrected chi connectivity index (χ4v) is 6.18. The van der Waals surface area contributed by atoms with Crippen molar-refractivity contribution in [2.45, 2.75) is 89.1 Å². The van der Waals surface area contributed by atoms with E-state index in [2.05, 4.69) is 4.98 Å². The number of carbonyl (C=O) groups excluding carboxylic acids is 2. The van der Waals surface area contributed by atoms with Gasteiger partial charge in [-0.3, -0.25) is 9.59 Å². The third-order valence-electron chi connectivity index (χ3n) is 7.87. The molecular weight excluding hydrogens is 498 g/mol. The van der Waals surface area contributed by atoms with E-state index < -0.39 is 29.1 Å². The maximum atomic E-state index is 13.2. The van der Waals surface area contributed by atoms with E-state index in [4.69, 9.17) is 9.47 Å². The number of aliphatic hydroxyl groups excluding tert-OH is 2. The predicted octanol–water partition coefficient (Wildman–Crippen LogP) is 4.40. The van der Waals surface area contributed by atoms with Gasteiger partial charge in [0.1, 0.15) is 21.5 Å². The lowest BCUT2D eigenvalue weighted by Gasteiger charge is -2.34. The molecule has 7 unspecified atom stereocenters. The van der Waals surface area contributed by atoms with E-state index >= 15 is 0 Å². The molecule has 1 aromatic heterocycles. The molecular formula is C27H41NO6S2. The first kappa shape index (κ1) is 29.5. The van der Waals surface area contributed by atoms with Crippen molar-refractivity contribution in [2.24, 2.45) is 23.2 Å². The Balaban J connectivity index is 1.85. The van der Waals surface area contributed by atoms with Crippen molar-refractivity contribution in [3.8, 4) is 0 Å². The van der Waals surface area contributed by atoms with Crippen LogP contribution >= 0.6 is 23.1 Å². The molecule has 0 amide bonds. The van der Waals surface area contributed by atoms with Crippen molar-refractivity contribution < 1.29 is 29.3 Å². The Bertz CT molecular complexity index is 975. The lowest BCUT2D eigenvalue weighted by Crippen LogP contribution is -2.46. The minimum absolute atomic E-state index is 0.0501. The fourth-order valence-electron chi connectivity index (χ4n) is 4.96. The summed E-state index contributed by atoms with van der Waals surface area (Å²) in [6.45, 7) is 11.5. The van der Waals surface area contributed by atoms with Crippen LogP contribution < -0.4 is 0 Å². The molecule has 202 valence electrons. The number of ether oxygens (including phenoxy) is 2. The minimum atomic E-state index is -1.17. The third kappa shape index (κ3) is 6.85. The van der Waals surface area contributed by atoms with Crippen LogP contribution in [0.3, 0.4) is 0 Å². The van der Waals surface area contributed by atoms with Crippen LogP contribution in [0.1, 0.15) is 66.5 Å². The van der Waals surface area contributed by atoms with Crippen LogP contribution in [0.5, 0.6) is 0 Å². The molecule has 0 radical (unpaired) electrons.